The predicted molar refractivity (Wildman–Crippen MR) is 52.3 cm³/mol. The zero-order valence-corrected chi connectivity index (χ0v) is 8.14. The number of aromatic nitrogens is 1. The van der Waals surface area contributed by atoms with Gasteiger partial charge in [-0.05, 0) is 23.6 Å². The minimum Gasteiger partial charge on any atom is -0.356 e. The van der Waals surface area contributed by atoms with Gasteiger partial charge in [0.1, 0.15) is 6.61 Å². The number of alkyl halides is 3. The van der Waals surface area contributed by atoms with E-state index in [-0.39, 0.29) is 6.61 Å². The van der Waals surface area contributed by atoms with Gasteiger partial charge in [0, 0.05) is 11.2 Å². The van der Waals surface area contributed by atoms with Crippen LogP contribution in [0.5, 0.6) is 0 Å². The van der Waals surface area contributed by atoms with Crippen LogP contribution in [0.25, 0.3) is 10.9 Å². The molecule has 6 heteroatoms. The zero-order chi connectivity index (χ0) is 11.8. The van der Waals surface area contributed by atoms with Crippen LogP contribution in [-0.4, -0.2) is 4.98 Å². The van der Waals surface area contributed by atoms with Gasteiger partial charge in [0.25, 0.3) is 0 Å². The second-order valence-electron chi connectivity index (χ2n) is 3.41. The number of aromatic amines is 1. The summed E-state index contributed by atoms with van der Waals surface area (Å²) in [7, 11) is 0. The molecular formula is C10H9F3N2O. The van der Waals surface area contributed by atoms with Crippen LogP contribution in [0.1, 0.15) is 11.3 Å². The molecule has 0 radical (unpaired) electrons. The Morgan fingerprint density at radius 1 is 1.25 bits per heavy atom. The van der Waals surface area contributed by atoms with E-state index in [1.165, 1.54) is 6.07 Å². The van der Waals surface area contributed by atoms with E-state index in [2.05, 4.69) is 9.82 Å². The Morgan fingerprint density at radius 3 is 2.62 bits per heavy atom. The van der Waals surface area contributed by atoms with Crippen LogP contribution < -0.4 is 5.90 Å². The molecule has 0 aliphatic heterocycles. The number of nitrogens with two attached hydrogens (primary N) is 1. The molecule has 1 aromatic carbocycles. The lowest BCUT2D eigenvalue weighted by atomic mass is 10.1. The predicted octanol–water partition coefficient (Wildman–Crippen LogP) is 2.58. The Kier molecular flexibility index (Phi) is 2.61. The zero-order valence-electron chi connectivity index (χ0n) is 8.14. The average Bonchev–Trinajstić information content (AvgIpc) is 2.57. The van der Waals surface area contributed by atoms with E-state index in [4.69, 9.17) is 5.90 Å². The molecule has 0 fully saturated rings. The smallest absolute Gasteiger partial charge is 0.356 e. The first kappa shape index (κ1) is 11.0. The monoisotopic (exact) mass is 230 g/mol. The van der Waals surface area contributed by atoms with Crippen LogP contribution in [0.3, 0.4) is 0 Å². The third-order valence-electron chi connectivity index (χ3n) is 2.24. The number of halogens is 3. The number of hydrogen-bond donors (Lipinski definition) is 2. The van der Waals surface area contributed by atoms with Crippen LogP contribution >= 0.6 is 0 Å². The van der Waals surface area contributed by atoms with Crippen molar-refractivity contribution in [1.29, 1.82) is 0 Å². The summed E-state index contributed by atoms with van der Waals surface area (Å²) in [6.45, 7) is 0.135. The summed E-state index contributed by atoms with van der Waals surface area (Å²) >= 11 is 0. The molecule has 0 spiro atoms. The maximum atomic E-state index is 12.4. The van der Waals surface area contributed by atoms with Crippen molar-refractivity contribution in [2.45, 2.75) is 12.8 Å². The van der Waals surface area contributed by atoms with Gasteiger partial charge in [-0.2, -0.15) is 13.2 Å². The lowest BCUT2D eigenvalue weighted by molar-refractivity contribution is -0.137. The van der Waals surface area contributed by atoms with Crippen LogP contribution in [0.2, 0.25) is 0 Å². The van der Waals surface area contributed by atoms with Crippen molar-refractivity contribution in [3.8, 4) is 0 Å². The molecule has 0 saturated heterocycles. The van der Waals surface area contributed by atoms with E-state index in [0.717, 1.165) is 12.1 Å². The molecular weight excluding hydrogens is 221 g/mol. The van der Waals surface area contributed by atoms with Crippen molar-refractivity contribution in [1.82, 2.24) is 4.98 Å². The normalized spacial score (nSPS) is 12.2. The quantitative estimate of drug-likeness (QED) is 0.779. The minimum atomic E-state index is -4.33. The Balaban J connectivity index is 2.46. The summed E-state index contributed by atoms with van der Waals surface area (Å²) in [5.74, 6) is 4.88. The van der Waals surface area contributed by atoms with Crippen molar-refractivity contribution < 1.29 is 18.0 Å². The summed E-state index contributed by atoms with van der Waals surface area (Å²) in [5.41, 5.74) is 0.376. The van der Waals surface area contributed by atoms with Gasteiger partial charge >= 0.3 is 6.18 Å². The van der Waals surface area contributed by atoms with Gasteiger partial charge in [-0.1, -0.05) is 6.07 Å². The molecule has 0 saturated carbocycles. The molecule has 0 aliphatic carbocycles. The fourth-order valence-corrected chi connectivity index (χ4v) is 1.53. The number of fused-ring (bicyclic) bond motifs is 1. The van der Waals surface area contributed by atoms with E-state index in [0.29, 0.717) is 16.6 Å². The molecule has 86 valence electrons. The first-order valence-corrected chi connectivity index (χ1v) is 4.51. The van der Waals surface area contributed by atoms with E-state index >= 15 is 0 Å². The Hall–Kier alpha value is -1.53. The highest BCUT2D eigenvalue weighted by molar-refractivity contribution is 5.81. The molecule has 3 N–H and O–H groups in total. The second kappa shape index (κ2) is 3.80. The Morgan fingerprint density at radius 2 is 2.00 bits per heavy atom. The van der Waals surface area contributed by atoms with Gasteiger partial charge in [-0.15, -0.1) is 0 Å². The molecule has 3 nitrogen and oxygen atoms in total. The lowest BCUT2D eigenvalue weighted by Gasteiger charge is -2.05. The summed E-state index contributed by atoms with van der Waals surface area (Å²) in [5, 5.41) is 0.694. The third kappa shape index (κ3) is 2.02. The minimum absolute atomic E-state index is 0.135. The summed E-state index contributed by atoms with van der Waals surface area (Å²) in [4.78, 5) is 7.21. The molecule has 1 aromatic heterocycles. The molecule has 0 amide bonds. The summed E-state index contributed by atoms with van der Waals surface area (Å²) in [6.07, 6.45) is -4.33. The van der Waals surface area contributed by atoms with Gasteiger partial charge < -0.3 is 4.98 Å². The summed E-state index contributed by atoms with van der Waals surface area (Å²) < 4.78 is 37.2. The topological polar surface area (TPSA) is 51.0 Å². The maximum absolute atomic E-state index is 12.4. The van der Waals surface area contributed by atoms with Crippen LogP contribution in [0.4, 0.5) is 13.2 Å². The van der Waals surface area contributed by atoms with Crippen molar-refractivity contribution in [3.63, 3.8) is 0 Å². The SMILES string of the molecule is NOCc1cc2ccc(C(F)(F)F)cc2[nH]1. The largest absolute Gasteiger partial charge is 0.416 e. The molecule has 0 unspecified atom stereocenters. The molecule has 0 bridgehead atoms. The number of rotatable bonds is 2. The molecule has 0 atom stereocenters. The van der Waals surface area contributed by atoms with Crippen molar-refractivity contribution in [2.75, 3.05) is 0 Å². The second-order valence-corrected chi connectivity index (χ2v) is 3.41. The molecule has 1 heterocycles. The fraction of sp³-hybridized carbons (Fsp3) is 0.200. The van der Waals surface area contributed by atoms with E-state index in [9.17, 15) is 13.2 Å². The van der Waals surface area contributed by atoms with Gasteiger partial charge in [-0.3, -0.25) is 4.84 Å². The number of nitrogens with one attached hydrogen (secondary N) is 1. The Bertz CT molecular complexity index is 504. The number of hydrogen-bond acceptors (Lipinski definition) is 2. The van der Waals surface area contributed by atoms with E-state index in [1.807, 2.05) is 0 Å². The highest BCUT2D eigenvalue weighted by atomic mass is 19.4. The van der Waals surface area contributed by atoms with Crippen molar-refractivity contribution >= 4 is 10.9 Å². The van der Waals surface area contributed by atoms with Gasteiger partial charge in [0.05, 0.1) is 5.56 Å². The van der Waals surface area contributed by atoms with Gasteiger partial charge in [0.15, 0.2) is 0 Å². The molecule has 2 rings (SSSR count). The van der Waals surface area contributed by atoms with Crippen LogP contribution in [0.15, 0.2) is 24.3 Å². The molecule has 16 heavy (non-hydrogen) atoms. The number of benzene rings is 1. The molecule has 2 aromatic rings. The van der Waals surface area contributed by atoms with Crippen LogP contribution in [-0.2, 0) is 17.6 Å². The first-order chi connectivity index (χ1) is 7.50. The maximum Gasteiger partial charge on any atom is 0.416 e. The van der Waals surface area contributed by atoms with Gasteiger partial charge in [0.2, 0.25) is 0 Å². The van der Waals surface area contributed by atoms with Crippen molar-refractivity contribution in [3.05, 3.63) is 35.5 Å². The third-order valence-corrected chi connectivity index (χ3v) is 2.24. The lowest BCUT2D eigenvalue weighted by Crippen LogP contribution is -2.04. The first-order valence-electron chi connectivity index (χ1n) is 4.51. The van der Waals surface area contributed by atoms with Gasteiger partial charge in [-0.25, -0.2) is 5.90 Å². The highest BCUT2D eigenvalue weighted by Crippen LogP contribution is 2.31. The average molecular weight is 230 g/mol. The number of H-pyrrole nitrogens is 1. The highest BCUT2D eigenvalue weighted by Gasteiger charge is 2.30. The summed E-state index contributed by atoms with van der Waals surface area (Å²) in [6, 6.07) is 5.22. The molecule has 0 aliphatic rings. The van der Waals surface area contributed by atoms with Crippen LogP contribution in [0, 0.1) is 0 Å². The standard InChI is InChI=1S/C10H9F3N2O/c11-10(12,13)7-2-1-6-3-8(5-16-14)15-9(6)4-7/h1-4,15H,5,14H2. The fourth-order valence-electron chi connectivity index (χ4n) is 1.53. The van der Waals surface area contributed by atoms with E-state index in [1.54, 1.807) is 6.07 Å². The van der Waals surface area contributed by atoms with Crippen molar-refractivity contribution in [2.24, 2.45) is 5.90 Å². The Labute approximate surface area is 89.0 Å². The van der Waals surface area contributed by atoms with E-state index < -0.39 is 11.7 Å².